The average molecular weight is 398 g/mol. The first-order valence-corrected chi connectivity index (χ1v) is 8.71. The molecule has 7 heteroatoms. The molecule has 1 fully saturated rings. The van der Waals surface area contributed by atoms with Gasteiger partial charge in [-0.15, -0.1) is 0 Å². The maximum atomic E-state index is 13.1. The minimum Gasteiger partial charge on any atom is -0.465 e. The second-order valence-electron chi connectivity index (χ2n) is 6.51. The van der Waals surface area contributed by atoms with Crippen LogP contribution in [0.4, 0.5) is 10.5 Å². The fourth-order valence-corrected chi connectivity index (χ4v) is 3.52. The molecule has 2 amide bonds. The number of halogens is 1. The first-order chi connectivity index (χ1) is 11.2. The third-order valence-electron chi connectivity index (χ3n) is 4.99. The fraction of sp³-hybridized carbons (Fsp3) is 0.529. The minimum absolute atomic E-state index is 0.0816. The normalized spacial score (nSPS) is 17.0. The van der Waals surface area contributed by atoms with Gasteiger partial charge in [-0.3, -0.25) is 9.69 Å². The van der Waals surface area contributed by atoms with Gasteiger partial charge in [-0.25, -0.2) is 4.79 Å². The Morgan fingerprint density at radius 2 is 1.83 bits per heavy atom. The largest absolute Gasteiger partial charge is 0.465 e. The van der Waals surface area contributed by atoms with Crippen molar-refractivity contribution in [2.45, 2.75) is 32.2 Å². The van der Waals surface area contributed by atoms with E-state index < -0.39 is 11.6 Å². The van der Waals surface area contributed by atoms with Gasteiger partial charge < -0.3 is 15.3 Å². The molecule has 1 aliphatic heterocycles. The van der Waals surface area contributed by atoms with Crippen molar-refractivity contribution >= 4 is 33.6 Å². The van der Waals surface area contributed by atoms with Crippen LogP contribution in [-0.2, 0) is 4.79 Å². The molecule has 2 N–H and O–H groups in total. The molecule has 0 aliphatic carbocycles. The Kier molecular flexibility index (Phi) is 5.55. The Labute approximate surface area is 150 Å². The summed E-state index contributed by atoms with van der Waals surface area (Å²) in [5.74, 6) is -0.0816. The molecule has 24 heavy (non-hydrogen) atoms. The Morgan fingerprint density at radius 1 is 1.25 bits per heavy atom. The first-order valence-electron chi connectivity index (χ1n) is 7.91. The van der Waals surface area contributed by atoms with E-state index in [1.807, 2.05) is 45.0 Å². The number of carbonyl (C=O) groups excluding carboxylic acids is 1. The van der Waals surface area contributed by atoms with Crippen molar-refractivity contribution in [2.24, 2.45) is 0 Å². The lowest BCUT2D eigenvalue weighted by Gasteiger charge is -2.44. The molecule has 6 nitrogen and oxygen atoms in total. The molecule has 1 aliphatic rings. The number of hydrogen-bond donors (Lipinski definition) is 2. The van der Waals surface area contributed by atoms with Crippen LogP contribution < -0.4 is 5.32 Å². The van der Waals surface area contributed by atoms with E-state index in [0.29, 0.717) is 25.9 Å². The number of benzene rings is 1. The molecular weight excluding hydrogens is 374 g/mol. The number of amides is 2. The fourth-order valence-electron chi connectivity index (χ4n) is 3.19. The van der Waals surface area contributed by atoms with Gasteiger partial charge in [0.1, 0.15) is 5.54 Å². The SMILES string of the molecule is Cc1ccc(Br)c(C)c1NC(=O)C1(N(C)C)CCN(C(=O)O)CC1. The first kappa shape index (κ1) is 18.7. The molecule has 0 spiro atoms. The van der Waals surface area contributed by atoms with Crippen LogP contribution in [-0.4, -0.2) is 59.6 Å². The van der Waals surface area contributed by atoms with Crippen molar-refractivity contribution in [2.75, 3.05) is 32.5 Å². The predicted molar refractivity (Wildman–Crippen MR) is 97.5 cm³/mol. The Hall–Kier alpha value is -1.60. The number of nitrogens with one attached hydrogen (secondary N) is 1. The van der Waals surface area contributed by atoms with E-state index in [4.69, 9.17) is 5.11 Å². The van der Waals surface area contributed by atoms with E-state index in [2.05, 4.69) is 21.2 Å². The van der Waals surface area contributed by atoms with Crippen LogP contribution in [0.25, 0.3) is 0 Å². The van der Waals surface area contributed by atoms with Gasteiger partial charge in [-0.05, 0) is 58.0 Å². The van der Waals surface area contributed by atoms with Gasteiger partial charge in [0.15, 0.2) is 0 Å². The van der Waals surface area contributed by atoms with E-state index >= 15 is 0 Å². The highest BCUT2D eigenvalue weighted by atomic mass is 79.9. The predicted octanol–water partition coefficient (Wildman–Crippen LogP) is 3.08. The molecule has 1 heterocycles. The van der Waals surface area contributed by atoms with E-state index in [0.717, 1.165) is 21.3 Å². The molecule has 0 unspecified atom stereocenters. The lowest BCUT2D eigenvalue weighted by Crippen LogP contribution is -2.60. The van der Waals surface area contributed by atoms with Crippen LogP contribution in [0, 0.1) is 13.8 Å². The highest BCUT2D eigenvalue weighted by molar-refractivity contribution is 9.10. The Morgan fingerprint density at radius 3 is 2.33 bits per heavy atom. The van der Waals surface area contributed by atoms with Crippen LogP contribution in [0.2, 0.25) is 0 Å². The summed E-state index contributed by atoms with van der Waals surface area (Å²) >= 11 is 3.50. The van der Waals surface area contributed by atoms with Crippen molar-refractivity contribution in [1.29, 1.82) is 0 Å². The number of likely N-dealkylation sites (tertiary alicyclic amines) is 1. The smallest absolute Gasteiger partial charge is 0.407 e. The molecule has 0 aromatic heterocycles. The van der Waals surface area contributed by atoms with E-state index in [9.17, 15) is 9.59 Å². The van der Waals surface area contributed by atoms with Crippen molar-refractivity contribution in [1.82, 2.24) is 9.80 Å². The van der Waals surface area contributed by atoms with Crippen molar-refractivity contribution < 1.29 is 14.7 Å². The summed E-state index contributed by atoms with van der Waals surface area (Å²) in [6.45, 7) is 4.64. The van der Waals surface area contributed by atoms with Crippen LogP contribution in [0.3, 0.4) is 0 Å². The van der Waals surface area contributed by atoms with Crippen LogP contribution >= 0.6 is 15.9 Å². The van der Waals surface area contributed by atoms with Gasteiger partial charge in [0.2, 0.25) is 5.91 Å². The zero-order valence-electron chi connectivity index (χ0n) is 14.5. The highest BCUT2D eigenvalue weighted by Crippen LogP contribution is 2.32. The number of nitrogens with zero attached hydrogens (tertiary/aromatic N) is 2. The summed E-state index contributed by atoms with van der Waals surface area (Å²) in [5, 5.41) is 12.2. The molecule has 0 bridgehead atoms. The van der Waals surface area contributed by atoms with E-state index in [1.165, 1.54) is 4.90 Å². The maximum absolute atomic E-state index is 13.1. The lowest BCUT2D eigenvalue weighted by molar-refractivity contribution is -0.129. The van der Waals surface area contributed by atoms with Gasteiger partial charge >= 0.3 is 6.09 Å². The van der Waals surface area contributed by atoms with Crippen molar-refractivity contribution in [3.05, 3.63) is 27.7 Å². The van der Waals surface area contributed by atoms with Gasteiger partial charge in [0.05, 0.1) is 0 Å². The van der Waals surface area contributed by atoms with Crippen LogP contribution in [0.15, 0.2) is 16.6 Å². The summed E-state index contributed by atoms with van der Waals surface area (Å²) < 4.78 is 0.947. The van der Waals surface area contributed by atoms with Gasteiger partial charge in [0.25, 0.3) is 0 Å². The highest BCUT2D eigenvalue weighted by Gasteiger charge is 2.44. The molecular formula is C17H24BrN3O3. The molecule has 2 rings (SSSR count). The topological polar surface area (TPSA) is 72.9 Å². The molecule has 1 saturated heterocycles. The molecule has 0 atom stereocenters. The van der Waals surface area contributed by atoms with Crippen molar-refractivity contribution in [3.8, 4) is 0 Å². The number of carboxylic acid groups (broad SMARTS) is 1. The number of aryl methyl sites for hydroxylation is 1. The van der Waals surface area contributed by atoms with E-state index in [1.54, 1.807) is 0 Å². The Balaban J connectivity index is 2.26. The zero-order chi connectivity index (χ0) is 18.1. The minimum atomic E-state index is -0.929. The third kappa shape index (κ3) is 3.42. The summed E-state index contributed by atoms with van der Waals surface area (Å²) in [4.78, 5) is 27.5. The summed E-state index contributed by atoms with van der Waals surface area (Å²) in [5.41, 5.74) is 2.10. The summed E-state index contributed by atoms with van der Waals surface area (Å²) in [7, 11) is 3.74. The number of likely N-dealkylation sites (N-methyl/N-ethyl adjacent to an activating group) is 1. The van der Waals surface area contributed by atoms with E-state index in [-0.39, 0.29) is 5.91 Å². The molecule has 0 radical (unpaired) electrons. The van der Waals surface area contributed by atoms with Gasteiger partial charge in [-0.1, -0.05) is 22.0 Å². The van der Waals surface area contributed by atoms with Gasteiger partial charge in [0, 0.05) is 23.2 Å². The second kappa shape index (κ2) is 7.11. The second-order valence-corrected chi connectivity index (χ2v) is 7.37. The standard InChI is InChI=1S/C17H24BrN3O3/c1-11-5-6-13(18)12(2)14(11)19-15(22)17(20(3)4)7-9-21(10-8-17)16(23)24/h5-6H,7-10H2,1-4H3,(H,19,22)(H,23,24). The van der Waals surface area contributed by atoms with Crippen molar-refractivity contribution in [3.63, 3.8) is 0 Å². The molecule has 132 valence electrons. The van der Waals surface area contributed by atoms with Crippen LogP contribution in [0.1, 0.15) is 24.0 Å². The maximum Gasteiger partial charge on any atom is 0.407 e. The molecule has 1 aromatic rings. The number of rotatable bonds is 3. The number of carbonyl (C=O) groups is 2. The number of piperidine rings is 1. The average Bonchev–Trinajstić information content (AvgIpc) is 2.54. The lowest BCUT2D eigenvalue weighted by atomic mass is 9.85. The summed E-state index contributed by atoms with van der Waals surface area (Å²) in [6.07, 6.45) is 0.0236. The number of anilines is 1. The monoisotopic (exact) mass is 397 g/mol. The van der Waals surface area contributed by atoms with Gasteiger partial charge in [-0.2, -0.15) is 0 Å². The third-order valence-corrected chi connectivity index (χ3v) is 5.84. The number of hydrogen-bond acceptors (Lipinski definition) is 3. The molecule has 0 saturated carbocycles. The summed E-state index contributed by atoms with van der Waals surface area (Å²) in [6, 6.07) is 3.93. The molecule has 1 aromatic carbocycles. The Bertz CT molecular complexity index is 653. The quantitative estimate of drug-likeness (QED) is 0.821. The zero-order valence-corrected chi connectivity index (χ0v) is 16.1. The van der Waals surface area contributed by atoms with Crippen LogP contribution in [0.5, 0.6) is 0 Å².